The summed E-state index contributed by atoms with van der Waals surface area (Å²) in [6, 6.07) is 14.6. The van der Waals surface area contributed by atoms with Gasteiger partial charge in [0.2, 0.25) is 0 Å². The van der Waals surface area contributed by atoms with E-state index < -0.39 is 6.09 Å². The molecule has 1 heterocycles. The molecule has 0 radical (unpaired) electrons. The Morgan fingerprint density at radius 1 is 1.29 bits per heavy atom. The lowest BCUT2D eigenvalue weighted by atomic mass is 10.2. The molecule has 1 fully saturated rings. The van der Waals surface area contributed by atoms with Crippen molar-refractivity contribution >= 4 is 17.5 Å². The number of carbonyl (C=O) groups is 1. The van der Waals surface area contributed by atoms with Crippen molar-refractivity contribution in [1.29, 1.82) is 0 Å². The molecule has 126 valence electrons. The predicted molar refractivity (Wildman–Crippen MR) is 91.6 cm³/mol. The van der Waals surface area contributed by atoms with Crippen LogP contribution in [0, 0.1) is 5.82 Å². The highest BCUT2D eigenvalue weighted by Gasteiger charge is 2.31. The number of hydrogen-bond acceptors (Lipinski definition) is 4. The van der Waals surface area contributed by atoms with Gasteiger partial charge in [-0.1, -0.05) is 30.3 Å². The normalized spacial score (nSPS) is 17.0. The molecule has 2 N–H and O–H groups in total. The van der Waals surface area contributed by atoms with Gasteiger partial charge in [-0.2, -0.15) is 0 Å². The number of ether oxygens (including phenoxy) is 1. The van der Waals surface area contributed by atoms with Crippen LogP contribution < -0.4 is 15.5 Å². The minimum Gasteiger partial charge on any atom is -0.443 e. The van der Waals surface area contributed by atoms with Gasteiger partial charge in [0.25, 0.3) is 0 Å². The van der Waals surface area contributed by atoms with Crippen LogP contribution in [0.3, 0.4) is 0 Å². The number of nitrogens with two attached hydrogens (primary N) is 1. The zero-order valence-electron chi connectivity index (χ0n) is 13.5. The van der Waals surface area contributed by atoms with E-state index in [0.717, 1.165) is 5.56 Å². The second kappa shape index (κ2) is 6.88. The zero-order valence-corrected chi connectivity index (χ0v) is 13.5. The van der Waals surface area contributed by atoms with Crippen molar-refractivity contribution in [3.8, 4) is 0 Å². The summed E-state index contributed by atoms with van der Waals surface area (Å²) < 4.78 is 19.6. The molecule has 1 aliphatic rings. The first-order chi connectivity index (χ1) is 11.6. The van der Waals surface area contributed by atoms with Crippen LogP contribution in [-0.2, 0) is 11.3 Å². The fraction of sp³-hybridized carbons (Fsp3) is 0.278. The van der Waals surface area contributed by atoms with E-state index in [1.807, 2.05) is 42.3 Å². The number of rotatable bonds is 5. The van der Waals surface area contributed by atoms with Crippen LogP contribution >= 0.6 is 0 Å². The van der Waals surface area contributed by atoms with Crippen molar-refractivity contribution in [2.24, 2.45) is 5.73 Å². The minimum atomic E-state index is -0.491. The maximum absolute atomic E-state index is 14.5. The molecule has 0 aromatic heterocycles. The van der Waals surface area contributed by atoms with Crippen LogP contribution in [0.15, 0.2) is 48.5 Å². The van der Waals surface area contributed by atoms with Crippen LogP contribution in [0.1, 0.15) is 5.56 Å². The van der Waals surface area contributed by atoms with Gasteiger partial charge in [0, 0.05) is 20.1 Å². The maximum Gasteiger partial charge on any atom is 0.414 e. The molecule has 1 saturated heterocycles. The Labute approximate surface area is 140 Å². The lowest BCUT2D eigenvalue weighted by molar-refractivity contribution is 0.145. The standard InChI is InChI=1S/C18H20FN3O2/c1-21(11-13-5-3-2-4-6-13)17-8-7-14(9-16(17)19)22-12-15(10-20)24-18(22)23/h2-9,15H,10-12,20H2,1H3. The van der Waals surface area contributed by atoms with E-state index in [1.165, 1.54) is 11.0 Å². The summed E-state index contributed by atoms with van der Waals surface area (Å²) in [4.78, 5) is 15.1. The van der Waals surface area contributed by atoms with Gasteiger partial charge in [0.05, 0.1) is 17.9 Å². The van der Waals surface area contributed by atoms with E-state index >= 15 is 0 Å². The van der Waals surface area contributed by atoms with Crippen molar-refractivity contribution in [3.05, 3.63) is 59.9 Å². The molecule has 0 spiro atoms. The molecule has 0 bridgehead atoms. The first-order valence-electron chi connectivity index (χ1n) is 7.81. The number of amides is 1. The Bertz CT molecular complexity index is 723. The fourth-order valence-corrected chi connectivity index (χ4v) is 2.77. The number of hydrogen-bond donors (Lipinski definition) is 1. The SMILES string of the molecule is CN(Cc1ccccc1)c1ccc(N2CC(CN)OC2=O)cc1F. The quantitative estimate of drug-likeness (QED) is 0.916. The molecule has 0 saturated carbocycles. The summed E-state index contributed by atoms with van der Waals surface area (Å²) in [5, 5.41) is 0. The second-order valence-electron chi connectivity index (χ2n) is 5.83. The summed E-state index contributed by atoms with van der Waals surface area (Å²) in [7, 11) is 1.83. The molecule has 24 heavy (non-hydrogen) atoms. The van der Waals surface area contributed by atoms with Crippen LogP contribution in [0.25, 0.3) is 0 Å². The Kier molecular flexibility index (Phi) is 4.66. The number of halogens is 1. The third kappa shape index (κ3) is 3.33. The number of carbonyl (C=O) groups excluding carboxylic acids is 1. The number of benzene rings is 2. The monoisotopic (exact) mass is 329 g/mol. The van der Waals surface area contributed by atoms with E-state index in [4.69, 9.17) is 10.5 Å². The Hall–Kier alpha value is -2.60. The highest BCUT2D eigenvalue weighted by atomic mass is 19.1. The number of nitrogens with zero attached hydrogens (tertiary/aromatic N) is 2. The number of anilines is 2. The Morgan fingerprint density at radius 3 is 2.67 bits per heavy atom. The molecule has 1 amide bonds. The molecule has 1 aliphatic heterocycles. The summed E-state index contributed by atoms with van der Waals surface area (Å²) in [6.07, 6.45) is -0.837. The molecule has 2 aromatic rings. The van der Waals surface area contributed by atoms with Crippen LogP contribution in [0.2, 0.25) is 0 Å². The minimum absolute atomic E-state index is 0.253. The summed E-state index contributed by atoms with van der Waals surface area (Å²) in [6.45, 7) is 1.19. The summed E-state index contributed by atoms with van der Waals surface area (Å²) in [5.74, 6) is -0.380. The molecule has 1 unspecified atom stereocenters. The van der Waals surface area contributed by atoms with E-state index in [0.29, 0.717) is 24.5 Å². The predicted octanol–water partition coefficient (Wildman–Crippen LogP) is 2.75. The summed E-state index contributed by atoms with van der Waals surface area (Å²) >= 11 is 0. The Morgan fingerprint density at radius 2 is 2.04 bits per heavy atom. The second-order valence-corrected chi connectivity index (χ2v) is 5.83. The third-order valence-corrected chi connectivity index (χ3v) is 4.05. The van der Waals surface area contributed by atoms with Gasteiger partial charge in [0.1, 0.15) is 11.9 Å². The van der Waals surface area contributed by atoms with Gasteiger partial charge in [0.15, 0.2) is 0 Å². The van der Waals surface area contributed by atoms with E-state index in [2.05, 4.69) is 0 Å². The zero-order chi connectivity index (χ0) is 17.1. The number of cyclic esters (lactones) is 1. The molecule has 3 rings (SSSR count). The molecule has 0 aliphatic carbocycles. The van der Waals surface area contributed by atoms with Crippen molar-refractivity contribution in [3.63, 3.8) is 0 Å². The molecule has 1 atom stereocenters. The molecule has 2 aromatic carbocycles. The average Bonchev–Trinajstić information content (AvgIpc) is 2.96. The van der Waals surface area contributed by atoms with Crippen molar-refractivity contribution < 1.29 is 13.9 Å². The van der Waals surface area contributed by atoms with Gasteiger partial charge < -0.3 is 15.4 Å². The van der Waals surface area contributed by atoms with Crippen LogP contribution in [0.5, 0.6) is 0 Å². The highest BCUT2D eigenvalue weighted by Crippen LogP contribution is 2.28. The van der Waals surface area contributed by atoms with Gasteiger partial charge in [-0.25, -0.2) is 9.18 Å². The third-order valence-electron chi connectivity index (χ3n) is 4.05. The summed E-state index contributed by atoms with van der Waals surface area (Å²) in [5.41, 5.74) is 7.57. The van der Waals surface area contributed by atoms with Crippen LogP contribution in [0.4, 0.5) is 20.6 Å². The van der Waals surface area contributed by atoms with Gasteiger partial charge >= 0.3 is 6.09 Å². The molecular formula is C18H20FN3O2. The molecule has 5 nitrogen and oxygen atoms in total. The lowest BCUT2D eigenvalue weighted by Gasteiger charge is -2.21. The van der Waals surface area contributed by atoms with Gasteiger partial charge in [-0.3, -0.25) is 4.90 Å². The smallest absolute Gasteiger partial charge is 0.414 e. The fourth-order valence-electron chi connectivity index (χ4n) is 2.77. The van der Waals surface area contributed by atoms with Crippen molar-refractivity contribution in [1.82, 2.24) is 0 Å². The van der Waals surface area contributed by atoms with Gasteiger partial charge in [-0.15, -0.1) is 0 Å². The molecule has 6 heteroatoms. The molecular weight excluding hydrogens is 309 g/mol. The van der Waals surface area contributed by atoms with E-state index in [1.54, 1.807) is 12.1 Å². The lowest BCUT2D eigenvalue weighted by Crippen LogP contribution is -2.27. The first kappa shape index (κ1) is 16.3. The van der Waals surface area contributed by atoms with E-state index in [9.17, 15) is 9.18 Å². The van der Waals surface area contributed by atoms with E-state index in [-0.39, 0.29) is 18.5 Å². The topological polar surface area (TPSA) is 58.8 Å². The Balaban J connectivity index is 1.76. The maximum atomic E-state index is 14.5. The highest BCUT2D eigenvalue weighted by molar-refractivity contribution is 5.90. The van der Waals surface area contributed by atoms with Crippen LogP contribution in [-0.4, -0.2) is 32.3 Å². The van der Waals surface area contributed by atoms with Crippen molar-refractivity contribution in [2.45, 2.75) is 12.6 Å². The largest absolute Gasteiger partial charge is 0.443 e. The van der Waals surface area contributed by atoms with Gasteiger partial charge in [-0.05, 0) is 23.8 Å². The van der Waals surface area contributed by atoms with Crippen molar-refractivity contribution in [2.75, 3.05) is 29.9 Å². The average molecular weight is 329 g/mol. The first-order valence-corrected chi connectivity index (χ1v) is 7.81.